The molecule has 0 spiro atoms. The summed E-state index contributed by atoms with van der Waals surface area (Å²) < 4.78 is 22.8. The molecule has 0 aromatic heterocycles. The van der Waals surface area contributed by atoms with Crippen LogP contribution in [0.15, 0.2) is 0 Å². The van der Waals surface area contributed by atoms with Gasteiger partial charge in [-0.1, -0.05) is 0 Å². The quantitative estimate of drug-likeness (QED) is 0.273. The van der Waals surface area contributed by atoms with Crippen LogP contribution in [0.4, 0.5) is 0 Å². The average Bonchev–Trinajstić information content (AvgIpc) is 2.32. The predicted molar refractivity (Wildman–Crippen MR) is 56.7 cm³/mol. The number of nitrogens with zero attached hydrogens (tertiary/aromatic N) is 3. The van der Waals surface area contributed by atoms with E-state index in [-0.39, 0.29) is 12.3 Å². The average molecular weight is 257 g/mol. The van der Waals surface area contributed by atoms with Crippen molar-refractivity contribution in [2.75, 3.05) is 0 Å². The largest absolute Gasteiger partial charge is 0.361 e. The highest BCUT2D eigenvalue weighted by Crippen LogP contribution is 2.45. The number of Topliss-reactive ketones (excluding diaryl/α,β-unsaturated/α-hetero) is 1. The van der Waals surface area contributed by atoms with E-state index in [1.54, 1.807) is 0 Å². The molecule has 0 bridgehead atoms. The number of hydrogen-bond donors (Lipinski definition) is 0. The van der Waals surface area contributed by atoms with Crippen LogP contribution >= 0.6 is 0 Å². The topological polar surface area (TPSA) is 108 Å². The second-order valence-electron chi connectivity index (χ2n) is 4.66. The highest BCUT2D eigenvalue weighted by Gasteiger charge is 2.67. The minimum absolute atomic E-state index is 0.0776. The lowest BCUT2D eigenvalue weighted by Gasteiger charge is -2.35. The zero-order valence-electron chi connectivity index (χ0n) is 9.32. The number of carbonyl (C=O) groups is 2. The standard InChI is InChI=1S/C9H11N3O4S/c1-9(2)8(5(13)4-11-10)12-6(14)3-7(12)17(9,15)16/h4,7-8H,3H2,1-2H3/t7-,8+/m1/s1. The second-order valence-corrected chi connectivity index (χ2v) is 7.34. The molecule has 8 heteroatoms. The Balaban J connectivity index is 2.55. The number of carbonyl (C=O) groups excluding carboxylic acids is 2. The van der Waals surface area contributed by atoms with E-state index in [0.29, 0.717) is 6.21 Å². The fourth-order valence-corrected chi connectivity index (χ4v) is 4.56. The predicted octanol–water partition coefficient (Wildman–Crippen LogP) is -1.01. The van der Waals surface area contributed by atoms with Gasteiger partial charge in [-0.15, -0.1) is 0 Å². The molecule has 2 aliphatic rings. The van der Waals surface area contributed by atoms with Gasteiger partial charge in [-0.3, -0.25) is 9.59 Å². The number of β-lactam (4-membered cyclic amide) rings is 1. The Morgan fingerprint density at radius 3 is 2.65 bits per heavy atom. The Morgan fingerprint density at radius 1 is 1.59 bits per heavy atom. The summed E-state index contributed by atoms with van der Waals surface area (Å²) in [6.07, 6.45) is 0.557. The molecule has 0 unspecified atom stereocenters. The first kappa shape index (κ1) is 11.9. The van der Waals surface area contributed by atoms with E-state index in [1.807, 2.05) is 0 Å². The van der Waals surface area contributed by atoms with E-state index in [9.17, 15) is 18.0 Å². The van der Waals surface area contributed by atoms with Crippen molar-refractivity contribution >= 4 is 27.7 Å². The van der Waals surface area contributed by atoms with Crippen molar-refractivity contribution in [2.24, 2.45) is 0 Å². The van der Waals surface area contributed by atoms with Crippen molar-refractivity contribution in [3.05, 3.63) is 5.53 Å². The Bertz CT molecular complexity index is 559. The number of rotatable bonds is 2. The molecule has 2 atom stereocenters. The third-order valence-corrected chi connectivity index (χ3v) is 6.23. The number of ketones is 1. The Labute approximate surface area is 97.9 Å². The van der Waals surface area contributed by atoms with Crippen molar-refractivity contribution < 1.29 is 22.8 Å². The van der Waals surface area contributed by atoms with Gasteiger partial charge in [-0.2, -0.15) is 4.79 Å². The van der Waals surface area contributed by atoms with Gasteiger partial charge >= 0.3 is 6.21 Å². The summed E-state index contributed by atoms with van der Waals surface area (Å²) in [5, 5.41) is -0.911. The summed E-state index contributed by atoms with van der Waals surface area (Å²) >= 11 is 0. The monoisotopic (exact) mass is 257 g/mol. The van der Waals surface area contributed by atoms with Crippen LogP contribution in [0.3, 0.4) is 0 Å². The van der Waals surface area contributed by atoms with Gasteiger partial charge in [-0.05, 0) is 13.8 Å². The minimum Gasteiger partial charge on any atom is -0.361 e. The number of hydrogen-bond acceptors (Lipinski definition) is 4. The van der Waals surface area contributed by atoms with Crippen LogP contribution in [-0.2, 0) is 19.4 Å². The highest BCUT2D eigenvalue weighted by molar-refractivity contribution is 7.93. The molecule has 2 fully saturated rings. The summed E-state index contributed by atoms with van der Waals surface area (Å²) in [5.74, 6) is -1.05. The molecule has 0 aromatic carbocycles. The van der Waals surface area contributed by atoms with Crippen LogP contribution in [-0.4, -0.2) is 52.2 Å². The molecule has 0 N–H and O–H groups in total. The first-order valence-corrected chi connectivity index (χ1v) is 6.55. The summed E-state index contributed by atoms with van der Waals surface area (Å²) in [6, 6.07) is -1.10. The molecule has 2 aliphatic heterocycles. The number of amides is 1. The summed E-state index contributed by atoms with van der Waals surface area (Å²) in [5.41, 5.74) is 8.33. The van der Waals surface area contributed by atoms with E-state index in [0.717, 1.165) is 4.90 Å². The first-order valence-electron chi connectivity index (χ1n) is 5.01. The van der Waals surface area contributed by atoms with Crippen LogP contribution in [0.1, 0.15) is 20.3 Å². The number of fused-ring (bicyclic) bond motifs is 1. The Hall–Kier alpha value is -1.53. The molecular formula is C9H11N3O4S. The van der Waals surface area contributed by atoms with Crippen LogP contribution in [0, 0.1) is 0 Å². The van der Waals surface area contributed by atoms with E-state index < -0.39 is 31.8 Å². The maximum atomic E-state index is 12.1. The van der Waals surface area contributed by atoms with Gasteiger partial charge in [-0.25, -0.2) is 8.42 Å². The van der Waals surface area contributed by atoms with Crippen molar-refractivity contribution in [3.63, 3.8) is 0 Å². The van der Waals surface area contributed by atoms with Gasteiger partial charge in [0.2, 0.25) is 5.91 Å². The molecule has 0 radical (unpaired) electrons. The highest BCUT2D eigenvalue weighted by atomic mass is 32.2. The third-order valence-electron chi connectivity index (χ3n) is 3.43. The summed E-state index contributed by atoms with van der Waals surface area (Å²) in [4.78, 5) is 26.8. The molecule has 0 aliphatic carbocycles. The zero-order chi connectivity index (χ0) is 13.0. The van der Waals surface area contributed by atoms with E-state index >= 15 is 0 Å². The SMILES string of the molecule is CC1(C)[C@H](C(=O)C=[N+]=[N-])N2C(=O)C[C@H]2S1(=O)=O. The lowest BCUT2D eigenvalue weighted by Crippen LogP contribution is -2.57. The third kappa shape index (κ3) is 1.25. The molecule has 2 heterocycles. The molecule has 0 saturated carbocycles. The Morgan fingerprint density at radius 2 is 2.18 bits per heavy atom. The van der Waals surface area contributed by atoms with Crippen LogP contribution in [0.25, 0.3) is 5.53 Å². The van der Waals surface area contributed by atoms with E-state index in [1.165, 1.54) is 13.8 Å². The lowest BCUT2D eigenvalue weighted by atomic mass is 9.95. The summed E-state index contributed by atoms with van der Waals surface area (Å²) in [6.45, 7) is 2.81. The van der Waals surface area contributed by atoms with Crippen molar-refractivity contribution in [3.8, 4) is 0 Å². The van der Waals surface area contributed by atoms with E-state index in [2.05, 4.69) is 4.79 Å². The molecule has 0 aromatic rings. The van der Waals surface area contributed by atoms with E-state index in [4.69, 9.17) is 5.53 Å². The van der Waals surface area contributed by atoms with Crippen LogP contribution in [0.5, 0.6) is 0 Å². The summed E-state index contributed by atoms with van der Waals surface area (Å²) in [7, 11) is -3.57. The van der Waals surface area contributed by atoms with Gasteiger partial charge in [0.25, 0.3) is 5.78 Å². The van der Waals surface area contributed by atoms with Gasteiger partial charge in [0, 0.05) is 0 Å². The molecule has 1 amide bonds. The molecule has 2 rings (SSSR count). The van der Waals surface area contributed by atoms with Crippen molar-refractivity contribution in [1.29, 1.82) is 0 Å². The maximum Gasteiger partial charge on any atom is 0.325 e. The second kappa shape index (κ2) is 3.24. The zero-order valence-corrected chi connectivity index (χ0v) is 10.1. The lowest BCUT2D eigenvalue weighted by molar-refractivity contribution is -0.148. The Kier molecular flexibility index (Phi) is 2.28. The molecular weight excluding hydrogens is 246 g/mol. The minimum atomic E-state index is -3.57. The van der Waals surface area contributed by atoms with Crippen molar-refractivity contribution in [1.82, 2.24) is 4.90 Å². The smallest absolute Gasteiger partial charge is 0.325 e. The molecule has 17 heavy (non-hydrogen) atoms. The van der Waals surface area contributed by atoms with Gasteiger partial charge in [0.05, 0.1) is 11.2 Å². The normalized spacial score (nSPS) is 32.4. The van der Waals surface area contributed by atoms with Crippen LogP contribution < -0.4 is 0 Å². The van der Waals surface area contributed by atoms with Crippen LogP contribution in [0.2, 0.25) is 0 Å². The maximum absolute atomic E-state index is 12.1. The molecule has 92 valence electrons. The first-order chi connectivity index (χ1) is 7.75. The van der Waals surface area contributed by atoms with Gasteiger partial charge < -0.3 is 10.4 Å². The fourth-order valence-electron chi connectivity index (χ4n) is 2.42. The van der Waals surface area contributed by atoms with Gasteiger partial charge in [0.1, 0.15) is 11.4 Å². The van der Waals surface area contributed by atoms with Crippen molar-refractivity contribution in [2.45, 2.75) is 36.4 Å². The van der Waals surface area contributed by atoms with Gasteiger partial charge in [0.15, 0.2) is 9.84 Å². The number of sulfone groups is 1. The molecule has 7 nitrogen and oxygen atoms in total. The fraction of sp³-hybridized carbons (Fsp3) is 0.667. The molecule has 2 saturated heterocycles.